The summed E-state index contributed by atoms with van der Waals surface area (Å²) in [5.74, 6) is 5.32. The Bertz CT molecular complexity index is 632. The van der Waals surface area contributed by atoms with Crippen molar-refractivity contribution in [2.24, 2.45) is 11.5 Å². The van der Waals surface area contributed by atoms with Crippen LogP contribution in [0.3, 0.4) is 0 Å². The fourth-order valence-electron chi connectivity index (χ4n) is 1.40. The molecule has 0 saturated heterocycles. The summed E-state index contributed by atoms with van der Waals surface area (Å²) in [4.78, 5) is 10.5. The molecule has 1 aromatic carbocycles. The van der Waals surface area contributed by atoms with Crippen LogP contribution in [0.25, 0.3) is 0 Å². The van der Waals surface area contributed by atoms with E-state index < -0.39 is 16.1 Å². The average molecular weight is 296 g/mol. The molecular weight excluding hydrogens is 280 g/mol. The largest absolute Gasteiger partial charge is 0.352 e. The molecule has 0 atom stereocenters. The number of hydrogen-bond acceptors (Lipinski definition) is 4. The highest BCUT2D eigenvalue weighted by atomic mass is 32.2. The smallest absolute Gasteiger partial charge is 0.312 e. The Balaban J connectivity index is 2.84. The van der Waals surface area contributed by atoms with Crippen molar-refractivity contribution < 1.29 is 13.2 Å². The number of urea groups is 1. The number of hydrogen-bond donors (Lipinski definition) is 4. The standard InChI is InChI=1S/C12H16N4O3S/c13-7-3-5-10-4-1-2-6-11(10)20(18,19)16-9-8-15-12(14)17/h1-2,4,6,16H,7-9,13H2,(H3,14,15,17). The number of carbonyl (C=O) groups excluding carboxylic acids is 1. The van der Waals surface area contributed by atoms with Crippen LogP contribution in [-0.4, -0.2) is 34.1 Å². The minimum absolute atomic E-state index is 0.0317. The maximum atomic E-state index is 12.1. The number of nitrogens with two attached hydrogens (primary N) is 2. The molecule has 0 saturated carbocycles. The molecule has 0 aliphatic heterocycles. The van der Waals surface area contributed by atoms with Crippen molar-refractivity contribution in [2.75, 3.05) is 19.6 Å². The van der Waals surface area contributed by atoms with Gasteiger partial charge in [0.15, 0.2) is 0 Å². The molecule has 0 heterocycles. The third kappa shape index (κ3) is 4.89. The summed E-state index contributed by atoms with van der Waals surface area (Å²) < 4.78 is 26.6. The van der Waals surface area contributed by atoms with Crippen molar-refractivity contribution >= 4 is 16.1 Å². The summed E-state index contributed by atoms with van der Waals surface area (Å²) in [6, 6.07) is 5.62. The highest BCUT2D eigenvalue weighted by Crippen LogP contribution is 2.13. The fraction of sp³-hybridized carbons (Fsp3) is 0.250. The highest BCUT2D eigenvalue weighted by molar-refractivity contribution is 7.89. The van der Waals surface area contributed by atoms with Gasteiger partial charge in [0.2, 0.25) is 10.0 Å². The van der Waals surface area contributed by atoms with E-state index >= 15 is 0 Å². The Labute approximate surface area is 117 Å². The summed E-state index contributed by atoms with van der Waals surface area (Å²) in [6.45, 7) is 0.277. The number of primary amides is 1. The number of benzene rings is 1. The first-order valence-electron chi connectivity index (χ1n) is 5.78. The molecule has 0 aromatic heterocycles. The van der Waals surface area contributed by atoms with Gasteiger partial charge in [0.25, 0.3) is 0 Å². The molecule has 0 unspecified atom stereocenters. The lowest BCUT2D eigenvalue weighted by Gasteiger charge is -2.08. The maximum absolute atomic E-state index is 12.1. The Morgan fingerprint density at radius 1 is 1.25 bits per heavy atom. The van der Waals surface area contributed by atoms with E-state index in [2.05, 4.69) is 21.9 Å². The summed E-state index contributed by atoms with van der Waals surface area (Å²) in [5, 5.41) is 2.29. The molecule has 20 heavy (non-hydrogen) atoms. The molecule has 8 heteroatoms. The summed E-state index contributed by atoms with van der Waals surface area (Å²) in [5.41, 5.74) is 10.5. The monoisotopic (exact) mass is 296 g/mol. The van der Waals surface area contributed by atoms with Gasteiger partial charge in [-0.3, -0.25) is 0 Å². The van der Waals surface area contributed by atoms with Crippen LogP contribution in [-0.2, 0) is 10.0 Å². The normalized spacial score (nSPS) is 10.4. The molecule has 2 amide bonds. The number of nitrogens with one attached hydrogen (secondary N) is 2. The van der Waals surface area contributed by atoms with Crippen molar-refractivity contribution in [1.82, 2.24) is 10.0 Å². The lowest BCUT2D eigenvalue weighted by atomic mass is 10.2. The molecule has 108 valence electrons. The van der Waals surface area contributed by atoms with Gasteiger partial charge < -0.3 is 16.8 Å². The van der Waals surface area contributed by atoms with Gasteiger partial charge in [0.1, 0.15) is 0 Å². The topological polar surface area (TPSA) is 127 Å². The van der Waals surface area contributed by atoms with Crippen LogP contribution in [0.2, 0.25) is 0 Å². The van der Waals surface area contributed by atoms with Crippen molar-refractivity contribution in [3.63, 3.8) is 0 Å². The first-order chi connectivity index (χ1) is 9.47. The van der Waals surface area contributed by atoms with E-state index in [-0.39, 0.29) is 24.5 Å². The molecule has 1 aromatic rings. The van der Waals surface area contributed by atoms with E-state index in [4.69, 9.17) is 11.5 Å². The zero-order valence-electron chi connectivity index (χ0n) is 10.7. The maximum Gasteiger partial charge on any atom is 0.312 e. The molecule has 0 spiro atoms. The van der Waals surface area contributed by atoms with E-state index in [9.17, 15) is 13.2 Å². The van der Waals surface area contributed by atoms with Crippen LogP contribution in [0.5, 0.6) is 0 Å². The molecule has 0 fully saturated rings. The lowest BCUT2D eigenvalue weighted by Crippen LogP contribution is -2.37. The highest BCUT2D eigenvalue weighted by Gasteiger charge is 2.16. The molecule has 0 radical (unpaired) electrons. The van der Waals surface area contributed by atoms with Gasteiger partial charge >= 0.3 is 6.03 Å². The van der Waals surface area contributed by atoms with Gasteiger partial charge in [-0.1, -0.05) is 24.0 Å². The van der Waals surface area contributed by atoms with Gasteiger partial charge in [-0.15, -0.1) is 0 Å². The van der Waals surface area contributed by atoms with Crippen LogP contribution in [0, 0.1) is 11.8 Å². The Kier molecular flexibility index (Phi) is 5.99. The zero-order valence-corrected chi connectivity index (χ0v) is 11.5. The zero-order chi connectivity index (χ0) is 15.0. The van der Waals surface area contributed by atoms with Crippen LogP contribution in [0.1, 0.15) is 5.56 Å². The van der Waals surface area contributed by atoms with E-state index in [1.54, 1.807) is 18.2 Å². The Hall–Kier alpha value is -2.08. The van der Waals surface area contributed by atoms with Gasteiger partial charge in [-0.25, -0.2) is 17.9 Å². The summed E-state index contributed by atoms with van der Waals surface area (Å²) >= 11 is 0. The average Bonchev–Trinajstić information content (AvgIpc) is 2.41. The van der Waals surface area contributed by atoms with Gasteiger partial charge in [-0.2, -0.15) is 0 Å². The number of rotatable bonds is 5. The van der Waals surface area contributed by atoms with E-state index in [0.717, 1.165) is 0 Å². The van der Waals surface area contributed by atoms with Crippen LogP contribution in [0.4, 0.5) is 4.79 Å². The third-order valence-corrected chi connectivity index (χ3v) is 3.74. The van der Waals surface area contributed by atoms with Crippen molar-refractivity contribution in [2.45, 2.75) is 4.90 Å². The van der Waals surface area contributed by atoms with Gasteiger partial charge in [0, 0.05) is 18.7 Å². The molecule has 7 nitrogen and oxygen atoms in total. The molecule has 0 aliphatic rings. The second kappa shape index (κ2) is 7.49. The van der Waals surface area contributed by atoms with E-state index in [1.165, 1.54) is 6.07 Å². The minimum Gasteiger partial charge on any atom is -0.352 e. The quantitative estimate of drug-likeness (QED) is 0.408. The predicted octanol–water partition coefficient (Wildman–Crippen LogP) is -1.06. The van der Waals surface area contributed by atoms with E-state index in [1.807, 2.05) is 0 Å². The van der Waals surface area contributed by atoms with Crippen LogP contribution < -0.4 is 21.5 Å². The first kappa shape index (κ1) is 16.0. The Morgan fingerprint density at radius 2 is 1.95 bits per heavy atom. The summed E-state index contributed by atoms with van der Waals surface area (Å²) in [6.07, 6.45) is 0. The SMILES string of the molecule is NCC#Cc1ccccc1S(=O)(=O)NCCNC(N)=O. The number of amides is 2. The Morgan fingerprint density at radius 3 is 2.60 bits per heavy atom. The van der Waals surface area contributed by atoms with Crippen LogP contribution >= 0.6 is 0 Å². The van der Waals surface area contributed by atoms with Crippen molar-refractivity contribution in [1.29, 1.82) is 0 Å². The van der Waals surface area contributed by atoms with E-state index in [0.29, 0.717) is 5.56 Å². The predicted molar refractivity (Wildman–Crippen MR) is 75.1 cm³/mol. The second-order valence-corrected chi connectivity index (χ2v) is 5.43. The second-order valence-electron chi connectivity index (χ2n) is 3.69. The van der Waals surface area contributed by atoms with Gasteiger partial charge in [0.05, 0.1) is 11.4 Å². The minimum atomic E-state index is -3.70. The van der Waals surface area contributed by atoms with Gasteiger partial charge in [-0.05, 0) is 12.1 Å². The molecular formula is C12H16N4O3S. The molecule has 6 N–H and O–H groups in total. The number of sulfonamides is 1. The third-order valence-electron chi connectivity index (χ3n) is 2.22. The molecule has 0 bridgehead atoms. The van der Waals surface area contributed by atoms with Crippen molar-refractivity contribution in [3.8, 4) is 11.8 Å². The molecule has 1 rings (SSSR count). The first-order valence-corrected chi connectivity index (χ1v) is 7.26. The van der Waals surface area contributed by atoms with Crippen LogP contribution in [0.15, 0.2) is 29.2 Å². The van der Waals surface area contributed by atoms with Crippen molar-refractivity contribution in [3.05, 3.63) is 29.8 Å². The lowest BCUT2D eigenvalue weighted by molar-refractivity contribution is 0.249. The number of carbonyl (C=O) groups is 1. The summed E-state index contributed by atoms with van der Waals surface area (Å²) in [7, 11) is -3.70. The molecule has 0 aliphatic carbocycles. The fourth-order valence-corrected chi connectivity index (χ4v) is 2.59.